The number of hydrogen-bond donors (Lipinski definition) is 1. The molecule has 4 rings (SSSR count). The molecule has 3 nitrogen and oxygen atoms in total. The van der Waals surface area contributed by atoms with Gasteiger partial charge in [0.15, 0.2) is 0 Å². The number of methoxy groups -OCH3 is 1. The Morgan fingerprint density at radius 2 is 1.79 bits per heavy atom. The molecule has 1 N–H and O–H groups in total. The fourth-order valence-corrected chi connectivity index (χ4v) is 4.50. The van der Waals surface area contributed by atoms with Gasteiger partial charge in [-0.1, -0.05) is 54.6 Å². The monoisotopic (exact) mass is 388 g/mol. The number of ether oxygens (including phenoxy) is 1. The van der Waals surface area contributed by atoms with E-state index in [1.165, 1.54) is 53.4 Å². The molecular weight excluding hydrogens is 356 g/mol. The van der Waals surface area contributed by atoms with Gasteiger partial charge in [0.1, 0.15) is 5.75 Å². The fourth-order valence-electron chi connectivity index (χ4n) is 4.50. The van der Waals surface area contributed by atoms with Crippen LogP contribution >= 0.6 is 0 Å². The Hall–Kier alpha value is -2.36. The van der Waals surface area contributed by atoms with Crippen molar-refractivity contribution in [1.82, 2.24) is 10.2 Å². The lowest BCUT2D eigenvalue weighted by atomic mass is 9.96. The van der Waals surface area contributed by atoms with Crippen molar-refractivity contribution in [3.8, 4) is 5.75 Å². The molecule has 1 heterocycles. The summed E-state index contributed by atoms with van der Waals surface area (Å²) in [4.78, 5) is 2.59. The minimum Gasteiger partial charge on any atom is -0.496 e. The number of nitrogens with one attached hydrogen (secondary N) is 1. The third-order valence-corrected chi connectivity index (χ3v) is 6.20. The van der Waals surface area contributed by atoms with Gasteiger partial charge in [0, 0.05) is 13.1 Å². The summed E-state index contributed by atoms with van der Waals surface area (Å²) < 4.78 is 5.38. The Kier molecular flexibility index (Phi) is 6.48. The molecule has 1 aliphatic rings. The van der Waals surface area contributed by atoms with E-state index in [0.717, 1.165) is 31.3 Å². The predicted molar refractivity (Wildman–Crippen MR) is 121 cm³/mol. The predicted octanol–water partition coefficient (Wildman–Crippen LogP) is 5.16. The van der Waals surface area contributed by atoms with E-state index in [9.17, 15) is 0 Å². The molecular formula is C26H32N2O. The molecule has 0 amide bonds. The molecule has 0 spiro atoms. The van der Waals surface area contributed by atoms with Crippen LogP contribution in [0.2, 0.25) is 0 Å². The van der Waals surface area contributed by atoms with Crippen molar-refractivity contribution < 1.29 is 4.74 Å². The highest BCUT2D eigenvalue weighted by molar-refractivity contribution is 5.85. The zero-order valence-electron chi connectivity index (χ0n) is 17.7. The maximum Gasteiger partial charge on any atom is 0.121 e. The lowest BCUT2D eigenvalue weighted by Gasteiger charge is -2.32. The smallest absolute Gasteiger partial charge is 0.121 e. The second-order valence-corrected chi connectivity index (χ2v) is 8.29. The molecule has 1 aliphatic heterocycles. The third kappa shape index (κ3) is 4.98. The molecule has 0 radical (unpaired) electrons. The zero-order valence-corrected chi connectivity index (χ0v) is 17.7. The summed E-state index contributed by atoms with van der Waals surface area (Å²) in [6, 6.07) is 21.8. The molecule has 3 heteroatoms. The van der Waals surface area contributed by atoms with E-state index in [-0.39, 0.29) is 0 Å². The number of hydrogen-bond acceptors (Lipinski definition) is 3. The molecule has 3 aromatic rings. The first-order chi connectivity index (χ1) is 14.2. The van der Waals surface area contributed by atoms with Crippen molar-refractivity contribution in [2.45, 2.75) is 32.9 Å². The van der Waals surface area contributed by atoms with Gasteiger partial charge in [0.25, 0.3) is 0 Å². The standard InChI is InChI=1S/C26H32N2O/c1-20-16-22(10-11-26(20)29-2)19-28-14-12-21(13-15-28)17-27-18-24-8-5-7-23-6-3-4-9-25(23)24/h3-11,16,21,27H,12-15,17-19H2,1-2H3. The minimum atomic E-state index is 0.777. The summed E-state index contributed by atoms with van der Waals surface area (Å²) in [6.07, 6.45) is 2.55. The molecule has 29 heavy (non-hydrogen) atoms. The van der Waals surface area contributed by atoms with Gasteiger partial charge in [0.2, 0.25) is 0 Å². The van der Waals surface area contributed by atoms with E-state index >= 15 is 0 Å². The summed E-state index contributed by atoms with van der Waals surface area (Å²) in [5.74, 6) is 1.75. The van der Waals surface area contributed by atoms with Crippen LogP contribution in [0, 0.1) is 12.8 Å². The number of fused-ring (bicyclic) bond motifs is 1. The average Bonchev–Trinajstić information content (AvgIpc) is 2.75. The Labute approximate surface area is 174 Å². The molecule has 0 aromatic heterocycles. The van der Waals surface area contributed by atoms with Crippen LogP contribution in [0.4, 0.5) is 0 Å². The van der Waals surface area contributed by atoms with E-state index in [4.69, 9.17) is 4.74 Å². The lowest BCUT2D eigenvalue weighted by molar-refractivity contribution is 0.175. The number of benzene rings is 3. The van der Waals surface area contributed by atoms with Crippen LogP contribution in [0.3, 0.4) is 0 Å². The first kappa shape index (κ1) is 19.9. The number of rotatable bonds is 7. The van der Waals surface area contributed by atoms with Crippen molar-refractivity contribution in [3.05, 3.63) is 77.4 Å². The van der Waals surface area contributed by atoms with Crippen LogP contribution in [0.15, 0.2) is 60.7 Å². The van der Waals surface area contributed by atoms with Crippen LogP contribution in [-0.2, 0) is 13.1 Å². The van der Waals surface area contributed by atoms with Crippen LogP contribution in [0.1, 0.15) is 29.5 Å². The molecule has 152 valence electrons. The molecule has 1 saturated heterocycles. The van der Waals surface area contributed by atoms with Crippen molar-refractivity contribution in [2.75, 3.05) is 26.7 Å². The largest absolute Gasteiger partial charge is 0.496 e. The Balaban J connectivity index is 1.23. The van der Waals surface area contributed by atoms with Crippen molar-refractivity contribution >= 4 is 10.8 Å². The van der Waals surface area contributed by atoms with E-state index < -0.39 is 0 Å². The van der Waals surface area contributed by atoms with Gasteiger partial charge in [-0.25, -0.2) is 0 Å². The van der Waals surface area contributed by atoms with Crippen LogP contribution in [0.5, 0.6) is 5.75 Å². The molecule has 0 atom stereocenters. The third-order valence-electron chi connectivity index (χ3n) is 6.20. The number of nitrogens with zero attached hydrogens (tertiary/aromatic N) is 1. The molecule has 1 fully saturated rings. The number of likely N-dealkylation sites (tertiary alicyclic amines) is 1. The average molecular weight is 389 g/mol. The second-order valence-electron chi connectivity index (χ2n) is 8.29. The summed E-state index contributed by atoms with van der Waals surface area (Å²) >= 11 is 0. The highest BCUT2D eigenvalue weighted by atomic mass is 16.5. The van der Waals surface area contributed by atoms with E-state index in [0.29, 0.717) is 0 Å². The van der Waals surface area contributed by atoms with E-state index in [2.05, 4.69) is 77.8 Å². The highest BCUT2D eigenvalue weighted by Crippen LogP contribution is 2.23. The van der Waals surface area contributed by atoms with Gasteiger partial charge in [-0.15, -0.1) is 0 Å². The van der Waals surface area contributed by atoms with Crippen molar-refractivity contribution in [2.24, 2.45) is 5.92 Å². The second kappa shape index (κ2) is 9.43. The van der Waals surface area contributed by atoms with Gasteiger partial charge in [-0.2, -0.15) is 0 Å². The van der Waals surface area contributed by atoms with Gasteiger partial charge >= 0.3 is 0 Å². The highest BCUT2D eigenvalue weighted by Gasteiger charge is 2.19. The van der Waals surface area contributed by atoms with Gasteiger partial charge in [-0.05, 0) is 78.8 Å². The van der Waals surface area contributed by atoms with Crippen molar-refractivity contribution in [1.29, 1.82) is 0 Å². The Bertz CT molecular complexity index is 939. The summed E-state index contributed by atoms with van der Waals surface area (Å²) in [7, 11) is 1.74. The lowest BCUT2D eigenvalue weighted by Crippen LogP contribution is -2.36. The maximum absolute atomic E-state index is 5.38. The molecule has 0 bridgehead atoms. The van der Waals surface area contributed by atoms with Gasteiger partial charge < -0.3 is 10.1 Å². The van der Waals surface area contributed by atoms with Crippen LogP contribution in [-0.4, -0.2) is 31.6 Å². The first-order valence-electron chi connectivity index (χ1n) is 10.8. The molecule has 0 unspecified atom stereocenters. The van der Waals surface area contributed by atoms with Crippen LogP contribution in [0.25, 0.3) is 10.8 Å². The summed E-state index contributed by atoms with van der Waals surface area (Å²) in [5.41, 5.74) is 4.00. The summed E-state index contributed by atoms with van der Waals surface area (Å²) in [5, 5.41) is 6.41. The molecule has 0 saturated carbocycles. The normalized spacial score (nSPS) is 15.7. The van der Waals surface area contributed by atoms with E-state index in [1.807, 2.05) is 0 Å². The number of aryl methyl sites for hydroxylation is 1. The zero-order chi connectivity index (χ0) is 20.1. The quantitative estimate of drug-likeness (QED) is 0.605. The SMILES string of the molecule is COc1ccc(CN2CCC(CNCc3cccc4ccccc34)CC2)cc1C. The summed E-state index contributed by atoms with van der Waals surface area (Å²) in [6.45, 7) is 7.60. The topological polar surface area (TPSA) is 24.5 Å². The Morgan fingerprint density at radius 3 is 2.59 bits per heavy atom. The fraction of sp³-hybridized carbons (Fsp3) is 0.385. The first-order valence-corrected chi connectivity index (χ1v) is 10.8. The molecule has 0 aliphatic carbocycles. The number of piperidine rings is 1. The van der Waals surface area contributed by atoms with Crippen LogP contribution < -0.4 is 10.1 Å². The van der Waals surface area contributed by atoms with Gasteiger partial charge in [0.05, 0.1) is 7.11 Å². The van der Waals surface area contributed by atoms with Gasteiger partial charge in [-0.3, -0.25) is 4.90 Å². The van der Waals surface area contributed by atoms with Crippen molar-refractivity contribution in [3.63, 3.8) is 0 Å². The molecule has 3 aromatic carbocycles. The Morgan fingerprint density at radius 1 is 1.00 bits per heavy atom. The minimum absolute atomic E-state index is 0.777. The maximum atomic E-state index is 5.38. The van der Waals surface area contributed by atoms with E-state index in [1.54, 1.807) is 7.11 Å².